The van der Waals surface area contributed by atoms with Crippen LogP contribution in [-0.2, 0) is 11.8 Å². The van der Waals surface area contributed by atoms with Crippen LogP contribution in [0.1, 0.15) is 24.0 Å². The van der Waals surface area contributed by atoms with Crippen molar-refractivity contribution in [3.05, 3.63) is 65.5 Å². The summed E-state index contributed by atoms with van der Waals surface area (Å²) in [6.07, 6.45) is 2.89. The second kappa shape index (κ2) is 5.49. The molecule has 2 aromatic carbocycles. The van der Waals surface area contributed by atoms with E-state index in [0.29, 0.717) is 6.42 Å². The number of ether oxygens (including phenoxy) is 1. The van der Waals surface area contributed by atoms with Crippen molar-refractivity contribution in [1.82, 2.24) is 0 Å². The van der Waals surface area contributed by atoms with Gasteiger partial charge in [-0.2, -0.15) is 0 Å². The third-order valence-corrected chi connectivity index (χ3v) is 4.52. The number of benzene rings is 2. The largest absolute Gasteiger partial charge is 0.494 e. The molecule has 3 rings (SSSR count). The van der Waals surface area contributed by atoms with Gasteiger partial charge in [-0.1, -0.05) is 36.4 Å². The molecule has 0 aromatic heterocycles. The Morgan fingerprint density at radius 2 is 1.90 bits per heavy atom. The van der Waals surface area contributed by atoms with Crippen LogP contribution in [0.15, 0.2) is 48.5 Å². The van der Waals surface area contributed by atoms with E-state index >= 15 is 0 Å². The minimum Gasteiger partial charge on any atom is -0.494 e. The lowest BCUT2D eigenvalue weighted by Gasteiger charge is -2.24. The van der Waals surface area contributed by atoms with E-state index in [-0.39, 0.29) is 23.0 Å². The summed E-state index contributed by atoms with van der Waals surface area (Å²) in [5, 5.41) is 0. The highest BCUT2D eigenvalue weighted by Gasteiger charge is 2.48. The average Bonchev–Trinajstić information content (AvgIpc) is 3.30. The van der Waals surface area contributed by atoms with Gasteiger partial charge in [0.1, 0.15) is 0 Å². The second-order valence-electron chi connectivity index (χ2n) is 5.80. The van der Waals surface area contributed by atoms with Crippen molar-refractivity contribution in [2.45, 2.75) is 30.7 Å². The smallest absolute Gasteiger partial charge is 0.165 e. The summed E-state index contributed by atoms with van der Waals surface area (Å²) in [6.45, 7) is 0. The number of methoxy groups -OCH3 is 1. The Labute approximate surface area is 124 Å². The van der Waals surface area contributed by atoms with E-state index in [1.165, 1.54) is 18.7 Å². The fraction of sp³-hybridized carbons (Fsp3) is 0.333. The molecule has 0 saturated heterocycles. The van der Waals surface area contributed by atoms with Crippen molar-refractivity contribution in [3.8, 4) is 5.75 Å². The molecule has 1 saturated carbocycles. The molecule has 0 radical (unpaired) electrons. The molecule has 1 atom stereocenters. The quantitative estimate of drug-likeness (QED) is 0.913. The summed E-state index contributed by atoms with van der Waals surface area (Å²) in [4.78, 5) is 0. The molecule has 0 spiro atoms. The Bertz CT molecular complexity index is 622. The van der Waals surface area contributed by atoms with Crippen LogP contribution in [-0.4, -0.2) is 13.2 Å². The van der Waals surface area contributed by atoms with Crippen LogP contribution in [0.4, 0.5) is 4.39 Å². The predicted octanol–water partition coefficient (Wildman–Crippen LogP) is 3.44. The van der Waals surface area contributed by atoms with Crippen molar-refractivity contribution >= 4 is 0 Å². The number of hydrogen-bond acceptors (Lipinski definition) is 2. The van der Waals surface area contributed by atoms with Crippen molar-refractivity contribution in [3.63, 3.8) is 0 Å². The third-order valence-electron chi connectivity index (χ3n) is 4.52. The Morgan fingerprint density at radius 3 is 2.48 bits per heavy atom. The molecule has 1 fully saturated rings. The summed E-state index contributed by atoms with van der Waals surface area (Å²) >= 11 is 0. The van der Waals surface area contributed by atoms with Crippen molar-refractivity contribution in [2.24, 2.45) is 5.73 Å². The highest BCUT2D eigenvalue weighted by Crippen LogP contribution is 2.50. The maximum Gasteiger partial charge on any atom is 0.165 e. The number of rotatable bonds is 5. The van der Waals surface area contributed by atoms with Gasteiger partial charge in [-0.25, -0.2) is 4.39 Å². The first-order valence-electron chi connectivity index (χ1n) is 7.29. The topological polar surface area (TPSA) is 35.2 Å². The van der Waals surface area contributed by atoms with Gasteiger partial charge in [-0.3, -0.25) is 0 Å². The highest BCUT2D eigenvalue weighted by molar-refractivity contribution is 5.36. The maximum absolute atomic E-state index is 13.8. The number of hydrogen-bond donors (Lipinski definition) is 1. The van der Waals surface area contributed by atoms with E-state index in [0.717, 1.165) is 18.4 Å². The minimum atomic E-state index is -0.327. The summed E-state index contributed by atoms with van der Waals surface area (Å²) in [5.41, 5.74) is 8.73. The molecule has 0 bridgehead atoms. The average molecular weight is 285 g/mol. The zero-order chi connectivity index (χ0) is 14.9. The van der Waals surface area contributed by atoms with Gasteiger partial charge in [0, 0.05) is 11.5 Å². The summed E-state index contributed by atoms with van der Waals surface area (Å²) in [7, 11) is 1.47. The van der Waals surface area contributed by atoms with Crippen LogP contribution in [0.2, 0.25) is 0 Å². The van der Waals surface area contributed by atoms with E-state index in [1.807, 2.05) is 12.1 Å². The zero-order valence-electron chi connectivity index (χ0n) is 12.2. The molecule has 0 aliphatic heterocycles. The van der Waals surface area contributed by atoms with Crippen LogP contribution in [0.5, 0.6) is 5.75 Å². The van der Waals surface area contributed by atoms with Crippen molar-refractivity contribution in [2.75, 3.05) is 7.11 Å². The molecule has 2 nitrogen and oxygen atoms in total. The zero-order valence-corrected chi connectivity index (χ0v) is 12.2. The summed E-state index contributed by atoms with van der Waals surface area (Å²) in [5.74, 6) is -0.0525. The van der Waals surface area contributed by atoms with Gasteiger partial charge in [-0.05, 0) is 42.5 Å². The lowest BCUT2D eigenvalue weighted by Crippen LogP contribution is -2.36. The van der Waals surface area contributed by atoms with Crippen molar-refractivity contribution < 1.29 is 9.13 Å². The summed E-state index contributed by atoms with van der Waals surface area (Å²) in [6, 6.07) is 15.5. The predicted molar refractivity (Wildman–Crippen MR) is 82.0 cm³/mol. The van der Waals surface area contributed by atoms with Gasteiger partial charge in [0.2, 0.25) is 0 Å². The molecule has 3 heteroatoms. The summed E-state index contributed by atoms with van der Waals surface area (Å²) < 4.78 is 18.7. The Morgan fingerprint density at radius 1 is 1.19 bits per heavy atom. The lowest BCUT2D eigenvalue weighted by atomic mass is 9.85. The fourth-order valence-corrected chi connectivity index (χ4v) is 3.06. The Balaban J connectivity index is 1.78. The van der Waals surface area contributed by atoms with Gasteiger partial charge >= 0.3 is 0 Å². The SMILES string of the molecule is COc1ccc(CC(N)C2(c3ccccc3)CC2)cc1F. The first-order valence-corrected chi connectivity index (χ1v) is 7.29. The molecule has 2 N–H and O–H groups in total. The molecular weight excluding hydrogens is 265 g/mol. The molecule has 110 valence electrons. The molecule has 1 unspecified atom stereocenters. The van der Waals surface area contributed by atoms with Crippen LogP contribution >= 0.6 is 0 Å². The minimum absolute atomic E-state index is 0.00712. The Kier molecular flexibility index (Phi) is 3.68. The number of halogens is 1. The molecule has 21 heavy (non-hydrogen) atoms. The second-order valence-corrected chi connectivity index (χ2v) is 5.80. The molecule has 1 aliphatic carbocycles. The first-order chi connectivity index (χ1) is 10.2. The van der Waals surface area contributed by atoms with E-state index in [2.05, 4.69) is 24.3 Å². The van der Waals surface area contributed by atoms with Gasteiger partial charge in [0.25, 0.3) is 0 Å². The first kappa shape index (κ1) is 14.1. The van der Waals surface area contributed by atoms with Gasteiger partial charge in [0.15, 0.2) is 11.6 Å². The normalized spacial score (nSPS) is 17.3. The highest BCUT2D eigenvalue weighted by atomic mass is 19.1. The van der Waals surface area contributed by atoms with E-state index in [4.69, 9.17) is 10.5 Å². The monoisotopic (exact) mass is 285 g/mol. The van der Waals surface area contributed by atoms with E-state index in [9.17, 15) is 4.39 Å². The van der Waals surface area contributed by atoms with E-state index < -0.39 is 0 Å². The molecule has 0 heterocycles. The Hall–Kier alpha value is -1.87. The maximum atomic E-state index is 13.8. The lowest BCUT2D eigenvalue weighted by molar-refractivity contribution is 0.386. The van der Waals surface area contributed by atoms with Crippen LogP contribution in [0.3, 0.4) is 0 Å². The van der Waals surface area contributed by atoms with Crippen LogP contribution in [0.25, 0.3) is 0 Å². The fourth-order valence-electron chi connectivity index (χ4n) is 3.06. The number of nitrogens with two attached hydrogens (primary N) is 1. The van der Waals surface area contributed by atoms with Gasteiger partial charge in [0.05, 0.1) is 7.11 Å². The van der Waals surface area contributed by atoms with Gasteiger partial charge in [-0.15, -0.1) is 0 Å². The molecule has 2 aromatic rings. The molecular formula is C18H20FNO. The van der Waals surface area contributed by atoms with Crippen LogP contribution in [0, 0.1) is 5.82 Å². The van der Waals surface area contributed by atoms with E-state index in [1.54, 1.807) is 6.07 Å². The van der Waals surface area contributed by atoms with Crippen LogP contribution < -0.4 is 10.5 Å². The molecule has 1 aliphatic rings. The molecule has 0 amide bonds. The van der Waals surface area contributed by atoms with Crippen molar-refractivity contribution in [1.29, 1.82) is 0 Å². The van der Waals surface area contributed by atoms with Gasteiger partial charge < -0.3 is 10.5 Å². The third kappa shape index (κ3) is 2.66. The standard InChI is InChI=1S/C18H20FNO/c1-21-16-8-7-13(11-15(16)19)12-17(20)18(9-10-18)14-5-3-2-4-6-14/h2-8,11,17H,9-10,12,20H2,1H3.